The maximum atomic E-state index is 6.69. The van der Waals surface area contributed by atoms with Gasteiger partial charge in [-0.15, -0.1) is 0 Å². The van der Waals surface area contributed by atoms with Crippen molar-refractivity contribution < 1.29 is 4.74 Å². The quantitative estimate of drug-likeness (QED) is 0.171. The van der Waals surface area contributed by atoms with Crippen molar-refractivity contribution in [2.45, 2.75) is 12.0 Å². The van der Waals surface area contributed by atoms with Gasteiger partial charge in [-0.2, -0.15) is 0 Å². The van der Waals surface area contributed by atoms with E-state index in [1.165, 1.54) is 33.2 Å². The Kier molecular flexibility index (Phi) is 7.92. The second kappa shape index (κ2) is 13.7. The van der Waals surface area contributed by atoms with Gasteiger partial charge in [0.05, 0.1) is 0 Å². The molecule has 1 aliphatic carbocycles. The van der Waals surface area contributed by atoms with Gasteiger partial charge in [0.1, 0.15) is 11.9 Å². The third kappa shape index (κ3) is 6.09. The molecule has 0 radical (unpaired) electrons. The molecule has 1 aromatic heterocycles. The van der Waals surface area contributed by atoms with Gasteiger partial charge in [-0.05, 0) is 91.3 Å². The van der Waals surface area contributed by atoms with Gasteiger partial charge >= 0.3 is 0 Å². The Hall–Kier alpha value is -7.43. The van der Waals surface area contributed by atoms with E-state index in [4.69, 9.17) is 19.7 Å². The SMILES string of the molecule is C1=CC2Oc3cc(-c4nc(-c5ccc6ccccc6c5)nc(-c5ccc6cc(-c7ccccc7)ccc6c5)n4)cc(-c4ccc(-c5ccccc5)cc4)c3C2C=C1. The number of rotatable bonds is 6. The van der Waals surface area contributed by atoms with Gasteiger partial charge in [0.2, 0.25) is 0 Å². The van der Waals surface area contributed by atoms with Gasteiger partial charge in [-0.25, -0.2) is 15.0 Å². The van der Waals surface area contributed by atoms with Gasteiger partial charge in [-0.3, -0.25) is 0 Å². The fourth-order valence-corrected chi connectivity index (χ4v) is 8.30. The molecule has 0 saturated heterocycles. The second-order valence-corrected chi connectivity index (χ2v) is 14.8. The monoisotopic (exact) mass is 729 g/mol. The first-order chi connectivity index (χ1) is 28.2. The summed E-state index contributed by atoms with van der Waals surface area (Å²) in [7, 11) is 0. The van der Waals surface area contributed by atoms with Crippen LogP contribution in [-0.2, 0) is 0 Å². The zero-order valence-corrected chi connectivity index (χ0v) is 31.0. The smallest absolute Gasteiger partial charge is 0.164 e. The molecule has 268 valence electrons. The third-order valence-electron chi connectivity index (χ3n) is 11.2. The van der Waals surface area contributed by atoms with Gasteiger partial charge in [-0.1, -0.05) is 164 Å². The number of allylic oxidation sites excluding steroid dienone is 2. The van der Waals surface area contributed by atoms with E-state index >= 15 is 0 Å². The van der Waals surface area contributed by atoms with E-state index < -0.39 is 0 Å². The van der Waals surface area contributed by atoms with Crippen LogP contribution in [0.15, 0.2) is 200 Å². The summed E-state index contributed by atoms with van der Waals surface area (Å²) < 4.78 is 6.69. The van der Waals surface area contributed by atoms with Crippen LogP contribution in [0.1, 0.15) is 11.5 Å². The number of benzene rings is 8. The van der Waals surface area contributed by atoms with E-state index in [0.29, 0.717) is 17.5 Å². The number of hydrogen-bond donors (Lipinski definition) is 0. The summed E-state index contributed by atoms with van der Waals surface area (Å²) in [6.07, 6.45) is 8.52. The van der Waals surface area contributed by atoms with Crippen molar-refractivity contribution in [3.63, 3.8) is 0 Å². The average Bonchev–Trinajstić information content (AvgIpc) is 3.67. The Balaban J connectivity index is 1.07. The zero-order valence-electron chi connectivity index (χ0n) is 31.0. The maximum Gasteiger partial charge on any atom is 0.164 e. The van der Waals surface area contributed by atoms with Gasteiger partial charge in [0.15, 0.2) is 17.5 Å². The highest BCUT2D eigenvalue weighted by molar-refractivity contribution is 5.91. The normalized spacial score (nSPS) is 15.4. The lowest BCUT2D eigenvalue weighted by molar-refractivity contribution is 0.269. The summed E-state index contributed by atoms with van der Waals surface area (Å²) >= 11 is 0. The third-order valence-corrected chi connectivity index (χ3v) is 11.2. The summed E-state index contributed by atoms with van der Waals surface area (Å²) in [6, 6.07) is 62.1. The van der Waals surface area contributed by atoms with E-state index in [2.05, 4.69) is 194 Å². The standard InChI is InChI=1S/C53H35N3O/c1-3-11-34(12-4-1)37-19-22-38(23-20-37)47-32-45(33-49-50(47)46-17-9-10-18-48(46)57-49)53-55-51(43-27-21-36-15-7-8-16-39(36)30-43)54-52(56-53)44-28-26-41-29-40(24-25-42(41)31-44)35-13-5-2-6-14-35/h1-33,46,48H. The van der Waals surface area contributed by atoms with E-state index in [9.17, 15) is 0 Å². The molecule has 2 atom stereocenters. The number of fused-ring (bicyclic) bond motifs is 5. The van der Waals surface area contributed by atoms with Crippen molar-refractivity contribution in [1.82, 2.24) is 15.0 Å². The molecule has 2 aliphatic rings. The summed E-state index contributed by atoms with van der Waals surface area (Å²) in [6.45, 7) is 0. The topological polar surface area (TPSA) is 47.9 Å². The number of ether oxygens (including phenoxy) is 1. The minimum absolute atomic E-state index is 0.0651. The summed E-state index contributed by atoms with van der Waals surface area (Å²) in [5.41, 5.74) is 10.9. The maximum absolute atomic E-state index is 6.69. The number of aromatic nitrogens is 3. The molecule has 57 heavy (non-hydrogen) atoms. The molecule has 2 unspecified atom stereocenters. The minimum atomic E-state index is -0.0651. The van der Waals surface area contributed by atoms with E-state index in [0.717, 1.165) is 49.7 Å². The number of nitrogens with zero attached hydrogens (tertiary/aromatic N) is 3. The number of hydrogen-bond acceptors (Lipinski definition) is 4. The van der Waals surface area contributed by atoms with Gasteiger partial charge in [0.25, 0.3) is 0 Å². The van der Waals surface area contributed by atoms with Crippen molar-refractivity contribution in [1.29, 1.82) is 0 Å². The lowest BCUT2D eigenvalue weighted by atomic mass is 9.85. The van der Waals surface area contributed by atoms with Crippen LogP contribution in [-0.4, -0.2) is 21.1 Å². The van der Waals surface area contributed by atoms with E-state index in [-0.39, 0.29) is 12.0 Å². The van der Waals surface area contributed by atoms with Crippen LogP contribution in [0, 0.1) is 0 Å². The largest absolute Gasteiger partial charge is 0.485 e. The van der Waals surface area contributed by atoms with Crippen LogP contribution in [0.3, 0.4) is 0 Å². The summed E-state index contributed by atoms with van der Waals surface area (Å²) in [5.74, 6) is 2.80. The second-order valence-electron chi connectivity index (χ2n) is 14.8. The molecule has 8 aromatic carbocycles. The average molecular weight is 730 g/mol. The van der Waals surface area contributed by atoms with Crippen molar-refractivity contribution in [2.24, 2.45) is 0 Å². The molecule has 0 N–H and O–H groups in total. The molecule has 2 heterocycles. The fraction of sp³-hybridized carbons (Fsp3) is 0.0377. The van der Waals surface area contributed by atoms with Crippen LogP contribution >= 0.6 is 0 Å². The molecule has 1 aliphatic heterocycles. The zero-order chi connectivity index (χ0) is 37.7. The molecule has 0 amide bonds. The molecule has 11 rings (SSSR count). The first-order valence-corrected chi connectivity index (χ1v) is 19.4. The highest BCUT2D eigenvalue weighted by Gasteiger charge is 2.35. The summed E-state index contributed by atoms with van der Waals surface area (Å²) in [5, 5.41) is 4.59. The molecule has 4 nitrogen and oxygen atoms in total. The Labute approximate surface area is 331 Å². The Bertz CT molecular complexity index is 3040. The van der Waals surface area contributed by atoms with E-state index in [1.807, 2.05) is 6.07 Å². The lowest BCUT2D eigenvalue weighted by Gasteiger charge is -2.17. The molecule has 9 aromatic rings. The van der Waals surface area contributed by atoms with E-state index in [1.54, 1.807) is 0 Å². The van der Waals surface area contributed by atoms with Crippen LogP contribution in [0.5, 0.6) is 5.75 Å². The van der Waals surface area contributed by atoms with Crippen LogP contribution < -0.4 is 4.74 Å². The van der Waals surface area contributed by atoms with Crippen molar-refractivity contribution in [2.75, 3.05) is 0 Å². The summed E-state index contributed by atoms with van der Waals surface area (Å²) in [4.78, 5) is 15.6. The molecule has 0 saturated carbocycles. The molecule has 0 fully saturated rings. The highest BCUT2D eigenvalue weighted by Crippen LogP contribution is 2.48. The molecule has 4 heteroatoms. The van der Waals surface area contributed by atoms with Crippen molar-refractivity contribution in [3.05, 3.63) is 206 Å². The fourth-order valence-electron chi connectivity index (χ4n) is 8.30. The van der Waals surface area contributed by atoms with Gasteiger partial charge < -0.3 is 4.74 Å². The van der Waals surface area contributed by atoms with Crippen LogP contribution in [0.4, 0.5) is 0 Å². The predicted octanol–water partition coefficient (Wildman–Crippen LogP) is 13.2. The molecular formula is C53H35N3O. The highest BCUT2D eigenvalue weighted by atomic mass is 16.5. The molecule has 0 bridgehead atoms. The lowest BCUT2D eigenvalue weighted by Crippen LogP contribution is -2.15. The first kappa shape index (κ1) is 33.0. The Morgan fingerprint density at radius 2 is 0.825 bits per heavy atom. The Morgan fingerprint density at radius 3 is 1.51 bits per heavy atom. The van der Waals surface area contributed by atoms with Crippen LogP contribution in [0.2, 0.25) is 0 Å². The van der Waals surface area contributed by atoms with Gasteiger partial charge in [0, 0.05) is 28.2 Å². The predicted molar refractivity (Wildman–Crippen MR) is 233 cm³/mol. The first-order valence-electron chi connectivity index (χ1n) is 19.4. The molecule has 0 spiro atoms. The van der Waals surface area contributed by atoms with Crippen molar-refractivity contribution in [3.8, 4) is 73.3 Å². The van der Waals surface area contributed by atoms with Crippen molar-refractivity contribution >= 4 is 21.5 Å². The van der Waals surface area contributed by atoms with Crippen LogP contribution in [0.25, 0.3) is 89.1 Å². The Morgan fingerprint density at radius 1 is 0.351 bits per heavy atom. The minimum Gasteiger partial charge on any atom is -0.485 e. The molecular weight excluding hydrogens is 695 g/mol.